The van der Waals surface area contributed by atoms with Crippen molar-refractivity contribution in [2.75, 3.05) is 19.6 Å². The number of carboxylic acids is 1. The second kappa shape index (κ2) is 15.1. The maximum absolute atomic E-state index is 13.1. The summed E-state index contributed by atoms with van der Waals surface area (Å²) in [6.07, 6.45) is 1.62. The smallest absolute Gasteiger partial charge is 0.326 e. The van der Waals surface area contributed by atoms with Gasteiger partial charge in [0.2, 0.25) is 17.7 Å². The number of aliphatic carboxylic acids is 1. The van der Waals surface area contributed by atoms with E-state index in [1.54, 1.807) is 0 Å². The standard InChI is InChI=1S/C21H40N8O6/c1-12(30)16(23)19(33)29-11-5-8-15(29)18(32)27-13(7-4-10-26-21(24)25)17(31)28-14(20(34)35)6-2-3-9-22/h12-16,30H,2-11,22-23H2,1H3,(H,27,32)(H,28,31)(H,34,35)(H4,24,25,26). The van der Waals surface area contributed by atoms with Crippen LogP contribution < -0.4 is 33.2 Å². The van der Waals surface area contributed by atoms with Gasteiger partial charge in [0.25, 0.3) is 0 Å². The summed E-state index contributed by atoms with van der Waals surface area (Å²) in [5, 5.41) is 34.1. The Hall–Kier alpha value is -2.97. The number of carboxylic acid groups (broad SMARTS) is 1. The fourth-order valence-electron chi connectivity index (χ4n) is 3.79. The summed E-state index contributed by atoms with van der Waals surface area (Å²) in [5.74, 6) is -3.23. The fourth-order valence-corrected chi connectivity index (χ4v) is 3.79. The number of rotatable bonds is 15. The number of guanidine groups is 1. The van der Waals surface area contributed by atoms with Crippen molar-refractivity contribution in [2.24, 2.45) is 17.2 Å². The molecule has 0 radical (unpaired) electrons. The molecule has 35 heavy (non-hydrogen) atoms. The molecule has 0 aromatic carbocycles. The van der Waals surface area contributed by atoms with Gasteiger partial charge in [-0.25, -0.2) is 4.79 Å². The highest BCUT2D eigenvalue weighted by atomic mass is 16.4. The van der Waals surface area contributed by atoms with Crippen LogP contribution in [-0.2, 0) is 19.2 Å². The molecule has 0 aromatic heterocycles. The lowest BCUT2D eigenvalue weighted by atomic mass is 10.1. The zero-order valence-electron chi connectivity index (χ0n) is 20.2. The number of nitrogens with zero attached hydrogens (tertiary/aromatic N) is 1. The van der Waals surface area contributed by atoms with Gasteiger partial charge in [0, 0.05) is 13.1 Å². The van der Waals surface area contributed by atoms with E-state index < -0.39 is 54.0 Å². The predicted octanol–water partition coefficient (Wildman–Crippen LogP) is -2.87. The molecule has 1 rings (SSSR count). The summed E-state index contributed by atoms with van der Waals surface area (Å²) >= 11 is 0. The summed E-state index contributed by atoms with van der Waals surface area (Å²) in [7, 11) is 0. The Kier molecular flexibility index (Phi) is 13.0. The molecule has 0 spiro atoms. The van der Waals surface area contributed by atoms with Crippen molar-refractivity contribution in [1.29, 1.82) is 5.41 Å². The number of likely N-dealkylation sites (tertiary alicyclic amines) is 1. The molecule has 1 fully saturated rings. The molecule has 0 aliphatic carbocycles. The molecule has 0 aromatic rings. The van der Waals surface area contributed by atoms with Gasteiger partial charge in [-0.3, -0.25) is 19.8 Å². The zero-order valence-corrected chi connectivity index (χ0v) is 20.2. The molecule has 1 heterocycles. The number of unbranched alkanes of at least 4 members (excludes halogenated alkanes) is 1. The highest BCUT2D eigenvalue weighted by molar-refractivity contribution is 5.94. The van der Waals surface area contributed by atoms with Crippen molar-refractivity contribution < 1.29 is 29.4 Å². The van der Waals surface area contributed by atoms with Crippen LogP contribution in [0.25, 0.3) is 0 Å². The number of aliphatic hydroxyl groups is 1. The number of carbonyl (C=O) groups is 4. The van der Waals surface area contributed by atoms with Gasteiger partial charge in [-0.2, -0.15) is 0 Å². The number of carbonyl (C=O) groups excluding carboxylic acids is 3. The van der Waals surface area contributed by atoms with Crippen molar-refractivity contribution in [3.05, 3.63) is 0 Å². The maximum atomic E-state index is 13.1. The first-order valence-corrected chi connectivity index (χ1v) is 11.8. The lowest BCUT2D eigenvalue weighted by molar-refractivity contribution is -0.143. The topological polar surface area (TPSA) is 250 Å². The van der Waals surface area contributed by atoms with E-state index in [1.165, 1.54) is 11.8 Å². The van der Waals surface area contributed by atoms with Crippen molar-refractivity contribution in [2.45, 2.75) is 82.1 Å². The number of nitrogens with two attached hydrogens (primary N) is 3. The molecule has 200 valence electrons. The van der Waals surface area contributed by atoms with E-state index in [2.05, 4.69) is 16.0 Å². The SMILES string of the molecule is CC(O)C(N)C(=O)N1CCCC1C(=O)NC(CCCNC(=N)N)C(=O)NC(CCCCN)C(=O)O. The van der Waals surface area contributed by atoms with Crippen molar-refractivity contribution in [3.8, 4) is 0 Å². The number of hydrogen-bond acceptors (Lipinski definition) is 8. The van der Waals surface area contributed by atoms with Crippen molar-refractivity contribution in [3.63, 3.8) is 0 Å². The first-order chi connectivity index (χ1) is 16.5. The van der Waals surface area contributed by atoms with Crippen LogP contribution in [0.4, 0.5) is 0 Å². The van der Waals surface area contributed by atoms with E-state index >= 15 is 0 Å². The second-order valence-electron chi connectivity index (χ2n) is 8.68. The normalized spacial score (nSPS) is 18.7. The first-order valence-electron chi connectivity index (χ1n) is 11.8. The van der Waals surface area contributed by atoms with Crippen LogP contribution in [0.1, 0.15) is 51.9 Å². The summed E-state index contributed by atoms with van der Waals surface area (Å²) in [4.78, 5) is 51.5. The number of aliphatic hydroxyl groups excluding tert-OH is 1. The molecule has 0 bridgehead atoms. The average Bonchev–Trinajstić information content (AvgIpc) is 3.29. The fraction of sp³-hybridized carbons (Fsp3) is 0.762. The molecule has 14 heteroatoms. The predicted molar refractivity (Wildman–Crippen MR) is 128 cm³/mol. The largest absolute Gasteiger partial charge is 0.480 e. The molecule has 0 saturated carbocycles. The minimum absolute atomic E-state index is 0.140. The van der Waals surface area contributed by atoms with Gasteiger partial charge in [0.1, 0.15) is 24.2 Å². The molecule has 1 saturated heterocycles. The molecule has 14 nitrogen and oxygen atoms in total. The van der Waals surface area contributed by atoms with Gasteiger partial charge >= 0.3 is 5.97 Å². The van der Waals surface area contributed by atoms with Gasteiger partial charge in [-0.05, 0) is 58.4 Å². The third-order valence-electron chi connectivity index (χ3n) is 5.82. The number of hydrogen-bond donors (Lipinski definition) is 9. The lowest BCUT2D eigenvalue weighted by Crippen LogP contribution is -2.57. The Labute approximate surface area is 204 Å². The Bertz CT molecular complexity index is 749. The lowest BCUT2D eigenvalue weighted by Gasteiger charge is -2.29. The van der Waals surface area contributed by atoms with E-state index in [0.29, 0.717) is 45.2 Å². The van der Waals surface area contributed by atoms with Gasteiger partial charge in [0.15, 0.2) is 5.96 Å². The van der Waals surface area contributed by atoms with Gasteiger partial charge in [-0.1, -0.05) is 0 Å². The zero-order chi connectivity index (χ0) is 26.5. The second-order valence-corrected chi connectivity index (χ2v) is 8.68. The Morgan fingerprint density at radius 2 is 1.77 bits per heavy atom. The third-order valence-corrected chi connectivity index (χ3v) is 5.82. The maximum Gasteiger partial charge on any atom is 0.326 e. The van der Waals surface area contributed by atoms with Crippen LogP contribution in [0.15, 0.2) is 0 Å². The van der Waals surface area contributed by atoms with Crippen LogP contribution in [-0.4, -0.2) is 94.7 Å². The van der Waals surface area contributed by atoms with Gasteiger partial charge in [0.05, 0.1) is 6.10 Å². The summed E-state index contributed by atoms with van der Waals surface area (Å²) in [6.45, 7) is 2.34. The highest BCUT2D eigenvalue weighted by Gasteiger charge is 2.38. The minimum Gasteiger partial charge on any atom is -0.480 e. The van der Waals surface area contributed by atoms with Crippen molar-refractivity contribution >= 4 is 29.7 Å². The van der Waals surface area contributed by atoms with Gasteiger partial charge in [-0.15, -0.1) is 0 Å². The van der Waals surface area contributed by atoms with E-state index in [9.17, 15) is 29.4 Å². The average molecular weight is 501 g/mol. The Morgan fingerprint density at radius 3 is 2.34 bits per heavy atom. The summed E-state index contributed by atoms with van der Waals surface area (Å²) < 4.78 is 0. The molecule has 1 aliphatic heterocycles. The quantitative estimate of drug-likeness (QED) is 0.0631. The molecular weight excluding hydrogens is 460 g/mol. The highest BCUT2D eigenvalue weighted by Crippen LogP contribution is 2.19. The molecular formula is C21H40N8O6. The minimum atomic E-state index is -1.20. The number of nitrogens with one attached hydrogen (secondary N) is 4. The van der Waals surface area contributed by atoms with Crippen LogP contribution in [0.5, 0.6) is 0 Å². The van der Waals surface area contributed by atoms with Crippen LogP contribution in [0, 0.1) is 5.41 Å². The Morgan fingerprint density at radius 1 is 1.11 bits per heavy atom. The van der Waals surface area contributed by atoms with E-state index in [0.717, 1.165) is 0 Å². The first kappa shape index (κ1) is 30.1. The molecule has 1 aliphatic rings. The summed E-state index contributed by atoms with van der Waals surface area (Å²) in [5.41, 5.74) is 16.5. The Balaban J connectivity index is 2.92. The van der Waals surface area contributed by atoms with Gasteiger partial charge < -0.3 is 48.3 Å². The van der Waals surface area contributed by atoms with E-state index in [1.807, 2.05) is 0 Å². The third kappa shape index (κ3) is 10.0. The van der Waals surface area contributed by atoms with E-state index in [4.69, 9.17) is 22.6 Å². The number of amides is 3. The molecule has 12 N–H and O–H groups in total. The van der Waals surface area contributed by atoms with E-state index in [-0.39, 0.29) is 25.3 Å². The summed E-state index contributed by atoms with van der Waals surface area (Å²) in [6, 6.07) is -4.25. The van der Waals surface area contributed by atoms with Crippen LogP contribution >= 0.6 is 0 Å². The molecule has 5 unspecified atom stereocenters. The molecule has 5 atom stereocenters. The van der Waals surface area contributed by atoms with Crippen molar-refractivity contribution in [1.82, 2.24) is 20.9 Å². The molecule has 3 amide bonds. The van der Waals surface area contributed by atoms with Crippen LogP contribution in [0.3, 0.4) is 0 Å². The monoisotopic (exact) mass is 500 g/mol. The van der Waals surface area contributed by atoms with Crippen LogP contribution in [0.2, 0.25) is 0 Å².